The van der Waals surface area contributed by atoms with E-state index in [1.807, 2.05) is 12.2 Å². The van der Waals surface area contributed by atoms with Crippen molar-refractivity contribution in [3.63, 3.8) is 0 Å². The molecule has 0 saturated carbocycles. The molecule has 2 atom stereocenters. The number of amides is 4. The fourth-order valence-electron chi connectivity index (χ4n) is 2.49. The van der Waals surface area contributed by atoms with E-state index in [2.05, 4.69) is 16.0 Å². The summed E-state index contributed by atoms with van der Waals surface area (Å²) in [6, 6.07) is -0.500. The fourth-order valence-corrected chi connectivity index (χ4v) is 2.49. The molecule has 2 unspecified atom stereocenters. The number of carbonyl (C=O) groups is 3. The zero-order valence-electron chi connectivity index (χ0n) is 9.86. The molecule has 2 aliphatic rings. The molecule has 1 fully saturated rings. The van der Waals surface area contributed by atoms with E-state index >= 15 is 0 Å². The third-order valence-electron chi connectivity index (χ3n) is 3.38. The van der Waals surface area contributed by atoms with Crippen LogP contribution in [0.2, 0.25) is 0 Å². The lowest BCUT2D eigenvalue weighted by molar-refractivity contribution is -0.127. The maximum Gasteiger partial charge on any atom is 0.322 e. The maximum atomic E-state index is 11.9. The highest BCUT2D eigenvalue weighted by molar-refractivity contribution is 6.10. The molecular formula is C11H14BN3O3. The number of rotatable bonds is 3. The first kappa shape index (κ1) is 12.7. The number of hydrogen-bond acceptors (Lipinski definition) is 3. The largest absolute Gasteiger partial charge is 0.365 e. The quantitative estimate of drug-likeness (QED) is 0.345. The monoisotopic (exact) mass is 247 g/mol. The van der Waals surface area contributed by atoms with Gasteiger partial charge in [-0.2, -0.15) is 0 Å². The second-order valence-electron chi connectivity index (χ2n) is 4.46. The molecule has 0 aromatic heterocycles. The lowest BCUT2D eigenvalue weighted by atomic mass is 9.74. The number of imide groups is 1. The third kappa shape index (κ3) is 2.12. The average molecular weight is 247 g/mol. The van der Waals surface area contributed by atoms with Crippen LogP contribution in [-0.2, 0) is 9.59 Å². The standard InChI is InChI=1S/C11H14BN3O3/c12-6-13-8(16)5-7-3-1-2-4-11(7)9(17)14-10(18)15-11/h1,3,7H,2,4-6H2,(H,13,16)(H2,14,15,17,18). The summed E-state index contributed by atoms with van der Waals surface area (Å²) < 4.78 is 0. The van der Waals surface area contributed by atoms with E-state index in [-0.39, 0.29) is 30.6 Å². The lowest BCUT2D eigenvalue weighted by Crippen LogP contribution is -2.54. The van der Waals surface area contributed by atoms with Gasteiger partial charge in [0, 0.05) is 12.3 Å². The van der Waals surface area contributed by atoms with Crippen LogP contribution >= 0.6 is 0 Å². The number of carbonyl (C=O) groups excluding carboxylic acids is 3. The van der Waals surface area contributed by atoms with Gasteiger partial charge in [-0.05, 0) is 19.3 Å². The van der Waals surface area contributed by atoms with Crippen LogP contribution in [0.3, 0.4) is 0 Å². The minimum Gasteiger partial charge on any atom is -0.365 e. The van der Waals surface area contributed by atoms with Crippen LogP contribution in [0.1, 0.15) is 19.3 Å². The van der Waals surface area contributed by atoms with Gasteiger partial charge in [0.15, 0.2) is 0 Å². The molecule has 0 aromatic carbocycles. The van der Waals surface area contributed by atoms with Crippen molar-refractivity contribution in [2.24, 2.45) is 5.92 Å². The van der Waals surface area contributed by atoms with Crippen molar-refractivity contribution in [2.45, 2.75) is 24.8 Å². The van der Waals surface area contributed by atoms with Crippen LogP contribution in [0.25, 0.3) is 0 Å². The fraction of sp³-hybridized carbons (Fsp3) is 0.545. The van der Waals surface area contributed by atoms with Gasteiger partial charge in [0.25, 0.3) is 5.91 Å². The molecule has 18 heavy (non-hydrogen) atoms. The van der Waals surface area contributed by atoms with Crippen molar-refractivity contribution in [3.8, 4) is 0 Å². The molecule has 1 saturated heterocycles. The van der Waals surface area contributed by atoms with Gasteiger partial charge in [0.2, 0.25) is 5.91 Å². The Bertz CT molecular complexity index is 424. The van der Waals surface area contributed by atoms with Gasteiger partial charge in [-0.1, -0.05) is 12.2 Å². The van der Waals surface area contributed by atoms with E-state index in [0.717, 1.165) is 0 Å². The van der Waals surface area contributed by atoms with Gasteiger partial charge in [0.1, 0.15) is 5.54 Å². The number of hydrogen-bond donors (Lipinski definition) is 3. The highest BCUT2D eigenvalue weighted by Crippen LogP contribution is 2.34. The Kier molecular flexibility index (Phi) is 3.40. The van der Waals surface area contributed by atoms with E-state index < -0.39 is 11.6 Å². The van der Waals surface area contributed by atoms with Gasteiger partial charge in [-0.3, -0.25) is 14.9 Å². The number of nitrogens with one attached hydrogen (secondary N) is 3. The zero-order chi connectivity index (χ0) is 13.2. The minimum absolute atomic E-state index is 0.0564. The predicted octanol–water partition coefficient (Wildman–Crippen LogP) is -0.837. The average Bonchev–Trinajstić information content (AvgIpc) is 2.58. The minimum atomic E-state index is -0.988. The first-order valence-corrected chi connectivity index (χ1v) is 5.85. The van der Waals surface area contributed by atoms with E-state index in [1.54, 1.807) is 0 Å². The molecular weight excluding hydrogens is 233 g/mol. The molecule has 0 aromatic rings. The number of urea groups is 1. The molecule has 1 heterocycles. The topological polar surface area (TPSA) is 87.3 Å². The van der Waals surface area contributed by atoms with E-state index in [0.29, 0.717) is 12.8 Å². The van der Waals surface area contributed by atoms with Crippen molar-refractivity contribution in [1.29, 1.82) is 0 Å². The maximum absolute atomic E-state index is 11.9. The smallest absolute Gasteiger partial charge is 0.322 e. The molecule has 7 heteroatoms. The van der Waals surface area contributed by atoms with Gasteiger partial charge >= 0.3 is 6.03 Å². The Morgan fingerprint density at radius 3 is 2.94 bits per heavy atom. The van der Waals surface area contributed by atoms with Gasteiger partial charge < -0.3 is 10.6 Å². The SMILES string of the molecule is [B]CNC(=O)CC1C=CCCC12NC(=O)NC2=O. The van der Waals surface area contributed by atoms with Gasteiger partial charge in [-0.15, -0.1) is 0 Å². The Balaban J connectivity index is 2.18. The summed E-state index contributed by atoms with van der Waals surface area (Å²) in [5.74, 6) is -0.936. The van der Waals surface area contributed by atoms with E-state index in [4.69, 9.17) is 7.85 Å². The van der Waals surface area contributed by atoms with Crippen molar-refractivity contribution in [1.82, 2.24) is 16.0 Å². The van der Waals surface area contributed by atoms with Crippen LogP contribution in [0.15, 0.2) is 12.2 Å². The molecule has 6 nitrogen and oxygen atoms in total. The molecule has 3 N–H and O–H groups in total. The van der Waals surface area contributed by atoms with Crippen LogP contribution in [0.4, 0.5) is 4.79 Å². The van der Waals surface area contributed by atoms with Crippen LogP contribution < -0.4 is 16.0 Å². The molecule has 0 bridgehead atoms. The van der Waals surface area contributed by atoms with Crippen molar-refractivity contribution >= 4 is 25.7 Å². The second kappa shape index (κ2) is 4.84. The predicted molar refractivity (Wildman–Crippen MR) is 64.7 cm³/mol. The molecule has 1 aliphatic carbocycles. The van der Waals surface area contributed by atoms with E-state index in [1.165, 1.54) is 0 Å². The molecule has 2 rings (SSSR count). The molecule has 1 spiro atoms. The first-order valence-electron chi connectivity index (χ1n) is 5.85. The van der Waals surface area contributed by atoms with Crippen LogP contribution in [0, 0.1) is 5.92 Å². The highest BCUT2D eigenvalue weighted by Gasteiger charge is 2.51. The molecule has 1 aliphatic heterocycles. The Morgan fingerprint density at radius 2 is 2.33 bits per heavy atom. The summed E-state index contributed by atoms with van der Waals surface area (Å²) in [4.78, 5) is 34.8. The summed E-state index contributed by atoms with van der Waals surface area (Å²) in [7, 11) is 5.23. The normalized spacial score (nSPS) is 30.1. The van der Waals surface area contributed by atoms with Crippen molar-refractivity contribution in [3.05, 3.63) is 12.2 Å². The van der Waals surface area contributed by atoms with Crippen LogP contribution in [0.5, 0.6) is 0 Å². The number of allylic oxidation sites excluding steroid dienone is 1. The van der Waals surface area contributed by atoms with Gasteiger partial charge in [-0.25, -0.2) is 4.79 Å². The molecule has 2 radical (unpaired) electrons. The summed E-state index contributed by atoms with van der Waals surface area (Å²) in [6.45, 7) is 0. The van der Waals surface area contributed by atoms with Crippen LogP contribution in [-0.4, -0.2) is 37.7 Å². The zero-order valence-corrected chi connectivity index (χ0v) is 9.86. The van der Waals surface area contributed by atoms with Crippen molar-refractivity contribution < 1.29 is 14.4 Å². The molecule has 94 valence electrons. The highest BCUT2D eigenvalue weighted by atomic mass is 16.2. The Morgan fingerprint density at radius 1 is 1.56 bits per heavy atom. The molecule has 4 amide bonds. The van der Waals surface area contributed by atoms with Crippen molar-refractivity contribution in [2.75, 3.05) is 6.44 Å². The van der Waals surface area contributed by atoms with Gasteiger partial charge in [0.05, 0.1) is 7.85 Å². The Hall–Kier alpha value is -1.79. The van der Waals surface area contributed by atoms with E-state index in [9.17, 15) is 14.4 Å². The Labute approximate surface area is 106 Å². The summed E-state index contributed by atoms with van der Waals surface area (Å²) >= 11 is 0. The summed E-state index contributed by atoms with van der Waals surface area (Å²) in [5.41, 5.74) is -0.988. The third-order valence-corrected chi connectivity index (χ3v) is 3.38. The second-order valence-corrected chi connectivity index (χ2v) is 4.46. The summed E-state index contributed by atoms with van der Waals surface area (Å²) in [6.07, 6.45) is 5.11. The lowest BCUT2D eigenvalue weighted by Gasteiger charge is -2.35. The summed E-state index contributed by atoms with van der Waals surface area (Å²) in [5, 5.41) is 7.37. The first-order chi connectivity index (χ1) is 8.58.